The van der Waals surface area contributed by atoms with Gasteiger partial charge in [0.05, 0.1) is 5.71 Å². The molecule has 4 heteroatoms. The monoisotopic (exact) mass is 298 g/mol. The lowest BCUT2D eigenvalue weighted by Crippen LogP contribution is -2.06. The van der Waals surface area contributed by atoms with Gasteiger partial charge in [-0.25, -0.2) is 4.99 Å². The fraction of sp³-hybridized carbons (Fsp3) is 0. The smallest absolute Gasteiger partial charge is 0.175 e. The lowest BCUT2D eigenvalue weighted by atomic mass is 9.97. The second-order valence-electron chi connectivity index (χ2n) is 4.66. The molecule has 23 heavy (non-hydrogen) atoms. The molecule has 0 heterocycles. The van der Waals surface area contributed by atoms with Gasteiger partial charge in [-0.15, -0.1) is 0 Å². The topological polar surface area (TPSA) is 86.0 Å². The second-order valence-corrected chi connectivity index (χ2v) is 4.66. The van der Waals surface area contributed by atoms with Crippen molar-refractivity contribution >= 4 is 11.3 Å². The molecule has 2 aromatic carbocycles. The zero-order valence-corrected chi connectivity index (χ0v) is 12.4. The van der Waals surface area contributed by atoms with Crippen LogP contribution in [0, 0.1) is 22.7 Å². The number of hydrogen-bond acceptors (Lipinski definition) is 4. The zero-order chi connectivity index (χ0) is 16.7. The number of benzene rings is 2. The highest BCUT2D eigenvalue weighted by Crippen LogP contribution is 2.20. The van der Waals surface area contributed by atoms with E-state index in [1.165, 1.54) is 0 Å². The minimum Gasteiger partial charge on any atom is -0.388 e. The molecule has 0 bridgehead atoms. The SMILES string of the molecule is C=C(C(=N/C(C#N)=C(\N)C#N)c1ccccc1)c1ccccc1. The molecular weight excluding hydrogens is 284 g/mol. The van der Waals surface area contributed by atoms with Crippen molar-refractivity contribution in [2.75, 3.05) is 0 Å². The Morgan fingerprint density at radius 1 is 0.870 bits per heavy atom. The molecule has 0 radical (unpaired) electrons. The molecule has 0 atom stereocenters. The van der Waals surface area contributed by atoms with Crippen molar-refractivity contribution in [3.8, 4) is 12.1 Å². The van der Waals surface area contributed by atoms with Gasteiger partial charge in [-0.1, -0.05) is 67.2 Å². The molecule has 0 aliphatic heterocycles. The first-order chi connectivity index (χ1) is 11.2. The Morgan fingerprint density at radius 3 is 1.87 bits per heavy atom. The van der Waals surface area contributed by atoms with Crippen LogP contribution in [-0.4, -0.2) is 5.71 Å². The number of allylic oxidation sites excluding steroid dienone is 3. The van der Waals surface area contributed by atoms with Gasteiger partial charge < -0.3 is 5.73 Å². The lowest BCUT2D eigenvalue weighted by molar-refractivity contribution is 1.26. The molecule has 0 aliphatic carbocycles. The maximum Gasteiger partial charge on any atom is 0.175 e. The van der Waals surface area contributed by atoms with Crippen LogP contribution in [0.15, 0.2) is 83.6 Å². The predicted molar refractivity (Wildman–Crippen MR) is 90.9 cm³/mol. The highest BCUT2D eigenvalue weighted by Gasteiger charge is 2.12. The summed E-state index contributed by atoms with van der Waals surface area (Å²) in [5, 5.41) is 18.1. The average Bonchev–Trinajstić information content (AvgIpc) is 2.63. The summed E-state index contributed by atoms with van der Waals surface area (Å²) in [6.45, 7) is 4.09. The third-order valence-electron chi connectivity index (χ3n) is 3.16. The summed E-state index contributed by atoms with van der Waals surface area (Å²) in [6, 6.07) is 22.5. The van der Waals surface area contributed by atoms with Gasteiger partial charge in [-0.2, -0.15) is 10.5 Å². The summed E-state index contributed by atoms with van der Waals surface area (Å²) in [4.78, 5) is 4.30. The number of hydrogen-bond donors (Lipinski definition) is 1. The van der Waals surface area contributed by atoms with Gasteiger partial charge in [0.1, 0.15) is 17.8 Å². The molecule has 0 aromatic heterocycles. The summed E-state index contributed by atoms with van der Waals surface area (Å²) in [5.41, 5.74) is 8.03. The summed E-state index contributed by atoms with van der Waals surface area (Å²) in [7, 11) is 0. The van der Waals surface area contributed by atoms with Crippen LogP contribution in [0.3, 0.4) is 0 Å². The van der Waals surface area contributed by atoms with Crippen molar-refractivity contribution in [2.45, 2.75) is 0 Å². The highest BCUT2D eigenvalue weighted by molar-refractivity contribution is 6.31. The number of aliphatic imine (C=N–C) groups is 1. The van der Waals surface area contributed by atoms with E-state index in [2.05, 4.69) is 11.6 Å². The molecule has 0 fully saturated rings. The van der Waals surface area contributed by atoms with Crippen LogP contribution in [-0.2, 0) is 0 Å². The quantitative estimate of drug-likeness (QED) is 0.693. The molecule has 2 aromatic rings. The Labute approximate surface area is 135 Å². The van der Waals surface area contributed by atoms with Gasteiger partial charge in [0.2, 0.25) is 0 Å². The lowest BCUT2D eigenvalue weighted by Gasteiger charge is -2.10. The maximum atomic E-state index is 9.20. The minimum absolute atomic E-state index is 0.122. The second kappa shape index (κ2) is 7.40. The van der Waals surface area contributed by atoms with E-state index >= 15 is 0 Å². The van der Waals surface area contributed by atoms with Crippen LogP contribution in [0.4, 0.5) is 0 Å². The molecule has 0 saturated carbocycles. The third-order valence-corrected chi connectivity index (χ3v) is 3.16. The molecule has 2 rings (SSSR count). The zero-order valence-electron chi connectivity index (χ0n) is 12.4. The first-order valence-corrected chi connectivity index (χ1v) is 6.86. The van der Waals surface area contributed by atoms with Gasteiger partial charge >= 0.3 is 0 Å². The van der Waals surface area contributed by atoms with Crippen LogP contribution in [0.2, 0.25) is 0 Å². The van der Waals surface area contributed by atoms with Crippen LogP contribution in [0.25, 0.3) is 5.57 Å². The van der Waals surface area contributed by atoms with E-state index < -0.39 is 0 Å². The number of nitriles is 2. The molecule has 4 nitrogen and oxygen atoms in total. The first-order valence-electron chi connectivity index (χ1n) is 6.86. The Kier molecular flexibility index (Phi) is 5.07. The van der Waals surface area contributed by atoms with Crippen molar-refractivity contribution in [1.82, 2.24) is 0 Å². The summed E-state index contributed by atoms with van der Waals surface area (Å²) >= 11 is 0. The Morgan fingerprint density at radius 2 is 1.39 bits per heavy atom. The maximum absolute atomic E-state index is 9.20. The van der Waals surface area contributed by atoms with E-state index in [-0.39, 0.29) is 11.4 Å². The van der Waals surface area contributed by atoms with Gasteiger partial charge in [0.15, 0.2) is 5.70 Å². The molecule has 2 N–H and O–H groups in total. The van der Waals surface area contributed by atoms with E-state index in [4.69, 9.17) is 11.0 Å². The van der Waals surface area contributed by atoms with Crippen LogP contribution < -0.4 is 5.73 Å². The van der Waals surface area contributed by atoms with Gasteiger partial charge in [-0.3, -0.25) is 0 Å². The van der Waals surface area contributed by atoms with Crippen molar-refractivity contribution in [2.24, 2.45) is 10.7 Å². The Balaban J connectivity index is 2.62. The average molecular weight is 298 g/mol. The van der Waals surface area contributed by atoms with Crippen molar-refractivity contribution in [3.63, 3.8) is 0 Å². The van der Waals surface area contributed by atoms with E-state index in [0.717, 1.165) is 11.1 Å². The van der Waals surface area contributed by atoms with E-state index in [1.54, 1.807) is 6.07 Å². The summed E-state index contributed by atoms with van der Waals surface area (Å²) < 4.78 is 0. The molecule has 110 valence electrons. The fourth-order valence-corrected chi connectivity index (χ4v) is 1.99. The summed E-state index contributed by atoms with van der Waals surface area (Å²) in [6.07, 6.45) is 0. The molecule has 0 spiro atoms. The number of nitrogens with two attached hydrogens (primary N) is 1. The standard InChI is InChI=1S/C19H14N4/c1-14(15-8-4-2-5-9-15)19(16-10-6-3-7-11-16)23-18(13-21)17(22)12-20/h2-11H,1,22H2/b18-17-,23-19?. The van der Waals surface area contributed by atoms with E-state index in [0.29, 0.717) is 11.3 Å². The molecular formula is C19H14N4. The fourth-order valence-electron chi connectivity index (χ4n) is 1.99. The molecule has 0 aliphatic rings. The van der Waals surface area contributed by atoms with E-state index in [1.807, 2.05) is 66.7 Å². The van der Waals surface area contributed by atoms with Crippen LogP contribution in [0.1, 0.15) is 11.1 Å². The van der Waals surface area contributed by atoms with Crippen molar-refractivity contribution < 1.29 is 0 Å². The predicted octanol–water partition coefficient (Wildman–Crippen LogP) is 3.41. The Bertz CT molecular complexity index is 848. The third kappa shape index (κ3) is 3.72. The van der Waals surface area contributed by atoms with E-state index in [9.17, 15) is 5.26 Å². The number of nitrogens with zero attached hydrogens (tertiary/aromatic N) is 3. The van der Waals surface area contributed by atoms with Crippen molar-refractivity contribution in [3.05, 3.63) is 89.8 Å². The van der Waals surface area contributed by atoms with Crippen LogP contribution in [0.5, 0.6) is 0 Å². The number of rotatable bonds is 4. The largest absolute Gasteiger partial charge is 0.388 e. The molecule has 0 amide bonds. The van der Waals surface area contributed by atoms with Gasteiger partial charge in [0.25, 0.3) is 0 Å². The Hall–Kier alpha value is -3.63. The van der Waals surface area contributed by atoms with Crippen LogP contribution >= 0.6 is 0 Å². The van der Waals surface area contributed by atoms with Gasteiger partial charge in [0, 0.05) is 11.1 Å². The summed E-state index contributed by atoms with van der Waals surface area (Å²) in [5.74, 6) is 0. The van der Waals surface area contributed by atoms with Gasteiger partial charge in [-0.05, 0) is 5.56 Å². The molecule has 0 saturated heterocycles. The first kappa shape index (κ1) is 15.8. The van der Waals surface area contributed by atoms with Crippen molar-refractivity contribution in [1.29, 1.82) is 10.5 Å². The normalized spacial score (nSPS) is 11.8. The minimum atomic E-state index is -0.221. The molecule has 0 unspecified atom stereocenters. The highest BCUT2D eigenvalue weighted by atomic mass is 14.8.